The van der Waals surface area contributed by atoms with E-state index >= 15 is 0 Å². The van der Waals surface area contributed by atoms with E-state index in [0.29, 0.717) is 22.6 Å². The van der Waals surface area contributed by atoms with Crippen molar-refractivity contribution < 1.29 is 28.5 Å². The molecule has 1 N–H and O–H groups in total. The van der Waals surface area contributed by atoms with Crippen LogP contribution in [0, 0.1) is 6.92 Å². The summed E-state index contributed by atoms with van der Waals surface area (Å²) in [6.45, 7) is 3.61. The fraction of sp³-hybridized carbons (Fsp3) is 0.273. The highest BCUT2D eigenvalue weighted by Crippen LogP contribution is 2.44. The number of Topliss-reactive ketones (excluding diaryl/α,β-unsaturated/α-hetero) is 1. The van der Waals surface area contributed by atoms with Crippen molar-refractivity contribution in [2.45, 2.75) is 26.4 Å². The molecule has 0 amide bonds. The Bertz CT molecular complexity index is 1210. The molecule has 0 saturated carbocycles. The van der Waals surface area contributed by atoms with Gasteiger partial charge in [-0.15, -0.1) is 0 Å². The van der Waals surface area contributed by atoms with Gasteiger partial charge in [0.05, 0.1) is 19.6 Å². The van der Waals surface area contributed by atoms with E-state index in [-0.39, 0.29) is 46.3 Å². The summed E-state index contributed by atoms with van der Waals surface area (Å²) in [5.74, 6) is 0.916. The monoisotopic (exact) mass is 396 g/mol. The number of benzene rings is 2. The van der Waals surface area contributed by atoms with E-state index in [1.165, 1.54) is 19.2 Å². The zero-order valence-corrected chi connectivity index (χ0v) is 16.5. The molecule has 1 unspecified atom stereocenters. The Morgan fingerprint density at radius 1 is 1.10 bits per heavy atom. The quantitative estimate of drug-likeness (QED) is 0.672. The molecular weight excluding hydrogens is 376 g/mol. The molecule has 7 heteroatoms. The molecule has 0 aliphatic carbocycles. The summed E-state index contributed by atoms with van der Waals surface area (Å²) < 4.78 is 21.8. The van der Waals surface area contributed by atoms with E-state index < -0.39 is 5.63 Å². The number of carbonyl (C=O) groups is 1. The number of ether oxygens (including phenoxy) is 3. The van der Waals surface area contributed by atoms with Crippen LogP contribution < -0.4 is 19.8 Å². The average molecular weight is 396 g/mol. The second kappa shape index (κ2) is 6.84. The molecule has 0 fully saturated rings. The Kier molecular flexibility index (Phi) is 4.45. The summed E-state index contributed by atoms with van der Waals surface area (Å²) in [7, 11) is 3.06. The first-order chi connectivity index (χ1) is 13.8. The molecule has 1 aromatic heterocycles. The summed E-state index contributed by atoms with van der Waals surface area (Å²) >= 11 is 0. The van der Waals surface area contributed by atoms with Crippen molar-refractivity contribution in [3.05, 3.63) is 45.8 Å². The number of hydrogen-bond donors (Lipinski definition) is 1. The standard InChI is InChI=1S/C22H20O7/c1-10-5-12(7-17(26-3)21(10)27-4)13-8-18(25)29-22-19(13)15(24)9-16-20(22)14(23)6-11(2)28-16/h5,7-9,11,24H,6H2,1-4H3. The molecule has 150 valence electrons. The number of ketones is 1. The maximum absolute atomic E-state index is 12.7. The van der Waals surface area contributed by atoms with Crippen LogP contribution in [0.15, 0.2) is 33.5 Å². The van der Waals surface area contributed by atoms with E-state index in [2.05, 4.69) is 0 Å². The lowest BCUT2D eigenvalue weighted by molar-refractivity contribution is 0.0871. The van der Waals surface area contributed by atoms with Crippen LogP contribution in [0.4, 0.5) is 0 Å². The van der Waals surface area contributed by atoms with Gasteiger partial charge in [-0.2, -0.15) is 0 Å². The largest absolute Gasteiger partial charge is 0.507 e. The molecule has 1 aliphatic heterocycles. The fourth-order valence-electron chi connectivity index (χ4n) is 3.82. The molecule has 7 nitrogen and oxygen atoms in total. The van der Waals surface area contributed by atoms with Gasteiger partial charge in [0.25, 0.3) is 0 Å². The molecular formula is C22H20O7. The summed E-state index contributed by atoms with van der Waals surface area (Å²) in [5, 5.41) is 11.0. The van der Waals surface area contributed by atoms with Crippen molar-refractivity contribution >= 4 is 16.8 Å². The summed E-state index contributed by atoms with van der Waals surface area (Å²) in [4.78, 5) is 25.0. The van der Waals surface area contributed by atoms with Gasteiger partial charge in [-0.1, -0.05) is 0 Å². The molecule has 0 radical (unpaired) electrons. The smallest absolute Gasteiger partial charge is 0.336 e. The van der Waals surface area contributed by atoms with Crippen LogP contribution in [0.3, 0.4) is 0 Å². The third kappa shape index (κ3) is 2.99. The molecule has 1 atom stereocenters. The third-order valence-electron chi connectivity index (χ3n) is 5.01. The number of rotatable bonds is 3. The lowest BCUT2D eigenvalue weighted by Gasteiger charge is -2.23. The van der Waals surface area contributed by atoms with Gasteiger partial charge in [-0.3, -0.25) is 4.79 Å². The van der Waals surface area contributed by atoms with Crippen LogP contribution >= 0.6 is 0 Å². The fourth-order valence-corrected chi connectivity index (χ4v) is 3.82. The van der Waals surface area contributed by atoms with Crippen molar-refractivity contribution in [2.24, 2.45) is 0 Å². The van der Waals surface area contributed by atoms with E-state index in [9.17, 15) is 14.7 Å². The minimum atomic E-state index is -0.640. The van der Waals surface area contributed by atoms with Crippen LogP contribution in [0.2, 0.25) is 0 Å². The maximum atomic E-state index is 12.7. The topological polar surface area (TPSA) is 95.2 Å². The highest BCUT2D eigenvalue weighted by Gasteiger charge is 2.30. The molecule has 1 aliphatic rings. The van der Waals surface area contributed by atoms with Gasteiger partial charge in [0.2, 0.25) is 0 Å². The Balaban J connectivity index is 2.08. The normalized spacial score (nSPS) is 15.7. The highest BCUT2D eigenvalue weighted by molar-refractivity contribution is 6.13. The number of carbonyl (C=O) groups excluding carboxylic acids is 1. The van der Waals surface area contributed by atoms with Gasteiger partial charge in [0, 0.05) is 24.1 Å². The van der Waals surface area contributed by atoms with Crippen LogP contribution in [-0.4, -0.2) is 31.2 Å². The molecule has 29 heavy (non-hydrogen) atoms. The van der Waals surface area contributed by atoms with Crippen molar-refractivity contribution in [1.29, 1.82) is 0 Å². The molecule has 0 spiro atoms. The number of hydrogen-bond acceptors (Lipinski definition) is 7. The van der Waals surface area contributed by atoms with Gasteiger partial charge in [0.1, 0.15) is 23.2 Å². The van der Waals surface area contributed by atoms with Crippen molar-refractivity contribution in [1.82, 2.24) is 0 Å². The number of methoxy groups -OCH3 is 2. The minimum absolute atomic E-state index is 0.0202. The van der Waals surface area contributed by atoms with Gasteiger partial charge in [0.15, 0.2) is 22.9 Å². The zero-order valence-electron chi connectivity index (χ0n) is 16.5. The van der Waals surface area contributed by atoms with Gasteiger partial charge in [-0.05, 0) is 37.1 Å². The molecule has 3 aromatic rings. The minimum Gasteiger partial charge on any atom is -0.507 e. The molecule has 2 aromatic carbocycles. The predicted octanol–water partition coefficient (Wildman–Crippen LogP) is 3.84. The first kappa shape index (κ1) is 18.9. The molecule has 0 bridgehead atoms. The third-order valence-corrected chi connectivity index (χ3v) is 5.01. The Morgan fingerprint density at radius 2 is 1.86 bits per heavy atom. The number of aromatic hydroxyl groups is 1. The molecule has 4 rings (SSSR count). The Labute approximate surface area is 166 Å². The second-order valence-corrected chi connectivity index (χ2v) is 7.04. The number of phenols is 1. The number of phenolic OH excluding ortho intramolecular Hbond substituents is 1. The SMILES string of the molecule is COc1cc(-c2cc(=O)oc3c4c(cc(O)c23)OC(C)CC4=O)cc(C)c1OC. The van der Waals surface area contributed by atoms with Gasteiger partial charge >= 0.3 is 5.63 Å². The first-order valence-corrected chi connectivity index (χ1v) is 9.10. The Morgan fingerprint density at radius 3 is 2.55 bits per heavy atom. The van der Waals surface area contributed by atoms with Crippen molar-refractivity contribution in [2.75, 3.05) is 14.2 Å². The molecule has 0 saturated heterocycles. The molecule has 2 heterocycles. The summed E-state index contributed by atoms with van der Waals surface area (Å²) in [6.07, 6.45) is -0.161. The van der Waals surface area contributed by atoms with E-state index in [0.717, 1.165) is 5.56 Å². The van der Waals surface area contributed by atoms with Gasteiger partial charge < -0.3 is 23.7 Å². The van der Waals surface area contributed by atoms with Gasteiger partial charge in [-0.25, -0.2) is 4.79 Å². The first-order valence-electron chi connectivity index (χ1n) is 9.10. The van der Waals surface area contributed by atoms with Crippen LogP contribution in [-0.2, 0) is 0 Å². The van der Waals surface area contributed by atoms with E-state index in [1.807, 2.05) is 13.0 Å². The maximum Gasteiger partial charge on any atom is 0.336 e. The number of aryl methyl sites for hydroxylation is 1. The predicted molar refractivity (Wildman–Crippen MR) is 106 cm³/mol. The van der Waals surface area contributed by atoms with E-state index in [4.69, 9.17) is 18.6 Å². The number of fused-ring (bicyclic) bond motifs is 3. The zero-order chi connectivity index (χ0) is 20.9. The second-order valence-electron chi connectivity index (χ2n) is 7.04. The van der Waals surface area contributed by atoms with Crippen LogP contribution in [0.25, 0.3) is 22.1 Å². The van der Waals surface area contributed by atoms with Crippen molar-refractivity contribution in [3.8, 4) is 34.1 Å². The van der Waals surface area contributed by atoms with Crippen LogP contribution in [0.1, 0.15) is 29.3 Å². The average Bonchev–Trinajstić information content (AvgIpc) is 2.65. The summed E-state index contributed by atoms with van der Waals surface area (Å²) in [5.41, 5.74) is 1.38. The lowest BCUT2D eigenvalue weighted by atomic mass is 9.93. The highest BCUT2D eigenvalue weighted by atomic mass is 16.5. The summed E-state index contributed by atoms with van der Waals surface area (Å²) in [6, 6.07) is 6.20. The Hall–Kier alpha value is -3.48. The van der Waals surface area contributed by atoms with Crippen molar-refractivity contribution in [3.63, 3.8) is 0 Å². The van der Waals surface area contributed by atoms with Crippen LogP contribution in [0.5, 0.6) is 23.0 Å². The lowest BCUT2D eigenvalue weighted by Crippen LogP contribution is -2.24. The van der Waals surface area contributed by atoms with E-state index in [1.54, 1.807) is 20.1 Å².